The van der Waals surface area contributed by atoms with Gasteiger partial charge in [0.15, 0.2) is 5.82 Å². The summed E-state index contributed by atoms with van der Waals surface area (Å²) < 4.78 is 0. The number of tetrazole rings is 1. The molecule has 0 aliphatic carbocycles. The van der Waals surface area contributed by atoms with Gasteiger partial charge in [0.05, 0.1) is 7.05 Å². The van der Waals surface area contributed by atoms with Crippen LogP contribution in [0.5, 0.6) is 0 Å². The Bertz CT molecular complexity index is 438. The second-order valence-electron chi connectivity index (χ2n) is 3.52. The Kier molecular flexibility index (Phi) is 3.21. The minimum atomic E-state index is 0.187. The van der Waals surface area contributed by atoms with Crippen molar-refractivity contribution in [3.05, 3.63) is 35.9 Å². The van der Waals surface area contributed by atoms with Crippen molar-refractivity contribution in [1.29, 1.82) is 0 Å². The quantitative estimate of drug-likeness (QED) is 0.788. The molecule has 0 aliphatic heterocycles. The van der Waals surface area contributed by atoms with Crippen LogP contribution in [0.15, 0.2) is 24.5 Å². The number of aromatic nitrogens is 5. The largest absolute Gasteiger partial charge is 0.313 e. The Hall–Kier alpha value is -1.82. The molecule has 6 heteroatoms. The Morgan fingerprint density at radius 1 is 1.38 bits per heavy atom. The Morgan fingerprint density at radius 2 is 2.12 bits per heavy atom. The smallest absolute Gasteiger partial charge is 0.176 e. The highest BCUT2D eigenvalue weighted by Crippen LogP contribution is 2.14. The van der Waals surface area contributed by atoms with E-state index in [1.165, 1.54) is 10.4 Å². The average Bonchev–Trinajstić information content (AvgIpc) is 2.73. The third-order valence-corrected chi connectivity index (χ3v) is 2.39. The maximum absolute atomic E-state index is 4.16. The lowest BCUT2D eigenvalue weighted by Crippen LogP contribution is -2.19. The highest BCUT2D eigenvalue weighted by molar-refractivity contribution is 5.16. The fourth-order valence-electron chi connectivity index (χ4n) is 1.57. The number of nitrogens with one attached hydrogen (secondary N) is 1. The van der Waals surface area contributed by atoms with E-state index in [9.17, 15) is 0 Å². The Balaban J connectivity index is 2.12. The molecule has 0 bridgehead atoms. The van der Waals surface area contributed by atoms with E-state index >= 15 is 0 Å². The fraction of sp³-hybridized carbons (Fsp3) is 0.400. The predicted molar refractivity (Wildman–Crippen MR) is 58.5 cm³/mol. The number of hydrogen-bond acceptors (Lipinski definition) is 5. The maximum Gasteiger partial charge on any atom is 0.176 e. The van der Waals surface area contributed by atoms with Gasteiger partial charge in [-0.3, -0.25) is 4.98 Å². The van der Waals surface area contributed by atoms with Crippen LogP contribution in [0.2, 0.25) is 0 Å². The summed E-state index contributed by atoms with van der Waals surface area (Å²) in [5.41, 5.74) is 1.17. The van der Waals surface area contributed by atoms with Crippen molar-refractivity contribution in [2.45, 2.75) is 12.5 Å². The number of pyridine rings is 1. The Morgan fingerprint density at radius 3 is 2.69 bits per heavy atom. The number of likely N-dealkylation sites (N-methyl/N-ethyl adjacent to an activating group) is 1. The molecular weight excluding hydrogens is 204 g/mol. The first-order valence-corrected chi connectivity index (χ1v) is 5.09. The summed E-state index contributed by atoms with van der Waals surface area (Å²) in [5, 5.41) is 15.2. The zero-order valence-corrected chi connectivity index (χ0v) is 9.33. The fourth-order valence-corrected chi connectivity index (χ4v) is 1.57. The van der Waals surface area contributed by atoms with E-state index in [1.807, 2.05) is 19.2 Å². The minimum Gasteiger partial charge on any atom is -0.313 e. The van der Waals surface area contributed by atoms with Crippen LogP contribution in [0, 0.1) is 0 Å². The molecule has 0 aliphatic rings. The molecule has 0 aromatic carbocycles. The van der Waals surface area contributed by atoms with Crippen LogP contribution in [0.3, 0.4) is 0 Å². The van der Waals surface area contributed by atoms with Gasteiger partial charge in [-0.1, -0.05) is 0 Å². The van der Waals surface area contributed by atoms with Gasteiger partial charge in [-0.05, 0) is 30.0 Å². The lowest BCUT2D eigenvalue weighted by Gasteiger charge is -2.13. The van der Waals surface area contributed by atoms with Crippen molar-refractivity contribution in [1.82, 2.24) is 30.5 Å². The molecule has 2 rings (SSSR count). The van der Waals surface area contributed by atoms with Crippen molar-refractivity contribution in [2.24, 2.45) is 7.05 Å². The predicted octanol–water partition coefficient (Wildman–Crippen LogP) is 0.108. The molecule has 2 aromatic rings. The molecule has 0 radical (unpaired) electrons. The second kappa shape index (κ2) is 4.80. The monoisotopic (exact) mass is 218 g/mol. The molecule has 6 nitrogen and oxygen atoms in total. The summed E-state index contributed by atoms with van der Waals surface area (Å²) in [6.07, 6.45) is 4.28. The first-order chi connectivity index (χ1) is 7.79. The molecule has 0 spiro atoms. The lowest BCUT2D eigenvalue weighted by atomic mass is 10.1. The van der Waals surface area contributed by atoms with Crippen molar-refractivity contribution in [2.75, 3.05) is 7.05 Å². The second-order valence-corrected chi connectivity index (χ2v) is 3.52. The molecule has 1 unspecified atom stereocenters. The first-order valence-electron chi connectivity index (χ1n) is 5.09. The zero-order chi connectivity index (χ0) is 11.4. The zero-order valence-electron chi connectivity index (χ0n) is 9.33. The van der Waals surface area contributed by atoms with E-state index in [0.29, 0.717) is 6.42 Å². The molecule has 2 heterocycles. The molecule has 0 fully saturated rings. The van der Waals surface area contributed by atoms with Gasteiger partial charge in [0.25, 0.3) is 0 Å². The van der Waals surface area contributed by atoms with Gasteiger partial charge in [0.1, 0.15) is 0 Å². The normalized spacial score (nSPS) is 12.6. The highest BCUT2D eigenvalue weighted by atomic mass is 15.6. The van der Waals surface area contributed by atoms with Gasteiger partial charge >= 0.3 is 0 Å². The topological polar surface area (TPSA) is 68.5 Å². The summed E-state index contributed by atoms with van der Waals surface area (Å²) in [7, 11) is 3.68. The van der Waals surface area contributed by atoms with Crippen LogP contribution in [0.4, 0.5) is 0 Å². The molecule has 1 atom stereocenters. The number of hydrogen-bond donors (Lipinski definition) is 1. The summed E-state index contributed by atoms with van der Waals surface area (Å²) in [5.74, 6) is 0.735. The summed E-state index contributed by atoms with van der Waals surface area (Å²) in [6, 6.07) is 4.15. The SMILES string of the molecule is CNC(Cc1nnn(C)n1)c1ccncc1. The minimum absolute atomic E-state index is 0.187. The van der Waals surface area contributed by atoms with Crippen LogP contribution in [-0.4, -0.2) is 32.2 Å². The van der Waals surface area contributed by atoms with Crippen LogP contribution in [-0.2, 0) is 13.5 Å². The van der Waals surface area contributed by atoms with E-state index in [-0.39, 0.29) is 6.04 Å². The average molecular weight is 218 g/mol. The molecule has 84 valence electrons. The molecule has 0 saturated heterocycles. The van der Waals surface area contributed by atoms with Gasteiger partial charge in [0, 0.05) is 24.9 Å². The molecule has 16 heavy (non-hydrogen) atoms. The van der Waals surface area contributed by atoms with Gasteiger partial charge in [0.2, 0.25) is 0 Å². The van der Waals surface area contributed by atoms with E-state index in [0.717, 1.165) is 5.82 Å². The first kappa shape index (κ1) is 10.7. The molecule has 2 aromatic heterocycles. The van der Waals surface area contributed by atoms with E-state index in [4.69, 9.17) is 0 Å². The molecule has 1 N–H and O–H groups in total. The summed E-state index contributed by atoms with van der Waals surface area (Å²) in [4.78, 5) is 5.46. The summed E-state index contributed by atoms with van der Waals surface area (Å²) >= 11 is 0. The number of aryl methyl sites for hydroxylation is 1. The molecular formula is C10H14N6. The van der Waals surface area contributed by atoms with Crippen LogP contribution < -0.4 is 5.32 Å². The van der Waals surface area contributed by atoms with Gasteiger partial charge in [-0.2, -0.15) is 4.80 Å². The van der Waals surface area contributed by atoms with Crippen LogP contribution in [0.1, 0.15) is 17.4 Å². The van der Waals surface area contributed by atoms with E-state index in [1.54, 1.807) is 19.4 Å². The van der Waals surface area contributed by atoms with Gasteiger partial charge in [-0.25, -0.2) is 0 Å². The standard InChI is InChI=1S/C10H14N6/c1-11-9(8-3-5-12-6-4-8)7-10-13-15-16(2)14-10/h3-6,9,11H,7H2,1-2H3. The third-order valence-electron chi connectivity index (χ3n) is 2.39. The van der Waals surface area contributed by atoms with Crippen molar-refractivity contribution in [3.63, 3.8) is 0 Å². The van der Waals surface area contributed by atoms with E-state index in [2.05, 4.69) is 25.7 Å². The molecule has 0 amide bonds. The maximum atomic E-state index is 4.16. The number of nitrogens with zero attached hydrogens (tertiary/aromatic N) is 5. The third kappa shape index (κ3) is 2.40. The van der Waals surface area contributed by atoms with Crippen molar-refractivity contribution < 1.29 is 0 Å². The van der Waals surface area contributed by atoms with Gasteiger partial charge in [-0.15, -0.1) is 10.2 Å². The lowest BCUT2D eigenvalue weighted by molar-refractivity contribution is 0.569. The van der Waals surface area contributed by atoms with Crippen molar-refractivity contribution in [3.8, 4) is 0 Å². The summed E-state index contributed by atoms with van der Waals surface area (Å²) in [6.45, 7) is 0. The van der Waals surface area contributed by atoms with Crippen LogP contribution >= 0.6 is 0 Å². The van der Waals surface area contributed by atoms with Gasteiger partial charge < -0.3 is 5.32 Å². The Labute approximate surface area is 93.7 Å². The van der Waals surface area contributed by atoms with Crippen LogP contribution in [0.25, 0.3) is 0 Å². The molecule has 0 saturated carbocycles. The highest BCUT2D eigenvalue weighted by Gasteiger charge is 2.12. The van der Waals surface area contributed by atoms with E-state index < -0.39 is 0 Å². The number of rotatable bonds is 4. The van der Waals surface area contributed by atoms with Crippen molar-refractivity contribution >= 4 is 0 Å².